The summed E-state index contributed by atoms with van der Waals surface area (Å²) in [5, 5.41) is 2.87. The molecule has 0 aliphatic carbocycles. The van der Waals surface area contributed by atoms with Crippen molar-refractivity contribution in [1.29, 1.82) is 0 Å². The Hall–Kier alpha value is -3.68. The molecule has 0 aliphatic rings. The molecule has 2 heterocycles. The van der Waals surface area contributed by atoms with Gasteiger partial charge < -0.3 is 20.3 Å². The molecule has 1 amide bonds. The summed E-state index contributed by atoms with van der Waals surface area (Å²) in [5.74, 6) is 0.338. The van der Waals surface area contributed by atoms with Crippen LogP contribution >= 0.6 is 0 Å². The number of nitrogens with one attached hydrogen (secondary N) is 4. The molecule has 8 heteroatoms. The van der Waals surface area contributed by atoms with E-state index in [1.807, 2.05) is 31.2 Å². The SMILES string of the molecule is CC(NC(=O)c1ccc2[nH]c(=O)c(=O)[nH]c2c1)c1nc2ccccc2[nH]1. The number of benzene rings is 2. The quantitative estimate of drug-likeness (QED) is 0.419. The lowest BCUT2D eigenvalue weighted by molar-refractivity contribution is 0.0938. The molecular formula is C18H15N5O3. The standard InChI is InChI=1S/C18H15N5O3/c1-9(15-20-11-4-2-3-5-12(11)21-15)19-16(24)10-6-7-13-14(8-10)23-18(26)17(25)22-13/h2-9H,1H3,(H,19,24)(H,20,21)(H,22,25)(H,23,26). The van der Waals surface area contributed by atoms with Gasteiger partial charge in [-0.3, -0.25) is 14.4 Å². The number of amides is 1. The summed E-state index contributed by atoms with van der Waals surface area (Å²) in [6.45, 7) is 1.83. The average molecular weight is 349 g/mol. The molecule has 0 spiro atoms. The van der Waals surface area contributed by atoms with Crippen LogP contribution in [0, 0.1) is 0 Å². The molecule has 0 bridgehead atoms. The molecule has 2 aromatic carbocycles. The highest BCUT2D eigenvalue weighted by Crippen LogP contribution is 2.16. The molecule has 0 saturated heterocycles. The Morgan fingerprint density at radius 1 is 0.962 bits per heavy atom. The van der Waals surface area contributed by atoms with Gasteiger partial charge in [-0.05, 0) is 37.3 Å². The van der Waals surface area contributed by atoms with E-state index >= 15 is 0 Å². The van der Waals surface area contributed by atoms with Crippen LogP contribution in [0.5, 0.6) is 0 Å². The molecule has 2 aromatic heterocycles. The van der Waals surface area contributed by atoms with E-state index in [0.717, 1.165) is 11.0 Å². The van der Waals surface area contributed by atoms with E-state index in [1.54, 1.807) is 12.1 Å². The third kappa shape index (κ3) is 2.77. The molecule has 1 unspecified atom stereocenters. The second kappa shape index (κ2) is 5.99. The minimum atomic E-state index is -0.759. The van der Waals surface area contributed by atoms with Crippen LogP contribution in [0.25, 0.3) is 22.1 Å². The number of rotatable bonds is 3. The number of nitrogens with zero attached hydrogens (tertiary/aromatic N) is 1. The van der Waals surface area contributed by atoms with Crippen molar-refractivity contribution in [3.8, 4) is 0 Å². The van der Waals surface area contributed by atoms with Gasteiger partial charge in [0, 0.05) is 5.56 Å². The largest absolute Gasteiger partial charge is 0.342 e. The number of para-hydroxylation sites is 2. The van der Waals surface area contributed by atoms with Crippen LogP contribution in [0.15, 0.2) is 52.1 Å². The highest BCUT2D eigenvalue weighted by atomic mass is 16.2. The van der Waals surface area contributed by atoms with Gasteiger partial charge in [0.1, 0.15) is 5.82 Å². The van der Waals surface area contributed by atoms with Crippen LogP contribution in [0.4, 0.5) is 0 Å². The fraction of sp³-hybridized carbons (Fsp3) is 0.111. The number of aromatic nitrogens is 4. The molecule has 0 saturated carbocycles. The zero-order valence-corrected chi connectivity index (χ0v) is 13.8. The van der Waals surface area contributed by atoms with Crippen LogP contribution in [0.2, 0.25) is 0 Å². The van der Waals surface area contributed by atoms with Crippen molar-refractivity contribution < 1.29 is 4.79 Å². The predicted molar refractivity (Wildman–Crippen MR) is 97.2 cm³/mol. The van der Waals surface area contributed by atoms with E-state index < -0.39 is 11.1 Å². The first-order chi connectivity index (χ1) is 12.5. The van der Waals surface area contributed by atoms with Gasteiger partial charge in [-0.15, -0.1) is 0 Å². The van der Waals surface area contributed by atoms with Crippen molar-refractivity contribution >= 4 is 28.0 Å². The van der Waals surface area contributed by atoms with Crippen LogP contribution in [-0.4, -0.2) is 25.8 Å². The fourth-order valence-corrected chi connectivity index (χ4v) is 2.78. The lowest BCUT2D eigenvalue weighted by Crippen LogP contribution is -2.29. The van der Waals surface area contributed by atoms with Gasteiger partial charge in [0.25, 0.3) is 5.91 Å². The summed E-state index contributed by atoms with van der Waals surface area (Å²) in [5.41, 5.74) is 1.45. The van der Waals surface area contributed by atoms with E-state index in [1.165, 1.54) is 6.07 Å². The maximum atomic E-state index is 12.5. The third-order valence-electron chi connectivity index (χ3n) is 4.15. The summed E-state index contributed by atoms with van der Waals surface area (Å²) in [6, 6.07) is 12.0. The van der Waals surface area contributed by atoms with Crippen molar-refractivity contribution in [2.75, 3.05) is 0 Å². The Morgan fingerprint density at radius 3 is 2.46 bits per heavy atom. The van der Waals surface area contributed by atoms with Crippen LogP contribution in [-0.2, 0) is 0 Å². The number of aromatic amines is 3. The molecular weight excluding hydrogens is 334 g/mol. The summed E-state index contributed by atoms with van der Waals surface area (Å²) < 4.78 is 0. The van der Waals surface area contributed by atoms with Gasteiger partial charge in [0.15, 0.2) is 0 Å². The van der Waals surface area contributed by atoms with Gasteiger partial charge >= 0.3 is 11.1 Å². The van der Waals surface area contributed by atoms with E-state index in [4.69, 9.17) is 0 Å². The second-order valence-electron chi connectivity index (χ2n) is 6.00. The third-order valence-corrected chi connectivity index (χ3v) is 4.15. The zero-order chi connectivity index (χ0) is 18.3. The van der Waals surface area contributed by atoms with Gasteiger partial charge in [0.05, 0.1) is 28.1 Å². The molecule has 0 aliphatic heterocycles. The van der Waals surface area contributed by atoms with E-state index in [2.05, 4.69) is 25.3 Å². The summed E-state index contributed by atoms with van der Waals surface area (Å²) in [6.07, 6.45) is 0. The van der Waals surface area contributed by atoms with Crippen LogP contribution in [0.1, 0.15) is 29.1 Å². The number of imidazole rings is 1. The second-order valence-corrected chi connectivity index (χ2v) is 6.00. The Balaban J connectivity index is 1.60. The summed E-state index contributed by atoms with van der Waals surface area (Å²) in [7, 11) is 0. The van der Waals surface area contributed by atoms with Crippen molar-refractivity contribution in [3.63, 3.8) is 0 Å². The molecule has 8 nitrogen and oxygen atoms in total. The highest BCUT2D eigenvalue weighted by molar-refractivity contribution is 5.97. The monoisotopic (exact) mass is 349 g/mol. The van der Waals surface area contributed by atoms with Crippen molar-refractivity contribution in [2.24, 2.45) is 0 Å². The van der Waals surface area contributed by atoms with Gasteiger partial charge in [-0.2, -0.15) is 0 Å². The predicted octanol–water partition coefficient (Wildman–Crippen LogP) is 1.58. The Morgan fingerprint density at radius 2 is 1.69 bits per heavy atom. The first-order valence-corrected chi connectivity index (χ1v) is 8.03. The maximum absolute atomic E-state index is 12.5. The minimum absolute atomic E-state index is 0.313. The molecule has 26 heavy (non-hydrogen) atoms. The van der Waals surface area contributed by atoms with Crippen LogP contribution < -0.4 is 16.4 Å². The summed E-state index contributed by atoms with van der Waals surface area (Å²) in [4.78, 5) is 47.9. The van der Waals surface area contributed by atoms with E-state index in [9.17, 15) is 14.4 Å². The smallest absolute Gasteiger partial charge is 0.314 e. The molecule has 4 aromatic rings. The molecule has 4 N–H and O–H groups in total. The lowest BCUT2D eigenvalue weighted by atomic mass is 10.1. The fourth-order valence-electron chi connectivity index (χ4n) is 2.78. The van der Waals surface area contributed by atoms with Crippen molar-refractivity contribution in [3.05, 3.63) is 74.6 Å². The molecule has 130 valence electrons. The highest BCUT2D eigenvalue weighted by Gasteiger charge is 2.15. The van der Waals surface area contributed by atoms with Gasteiger partial charge in [-0.25, -0.2) is 4.98 Å². The number of hydrogen-bond acceptors (Lipinski definition) is 4. The Bertz CT molecular complexity index is 1220. The number of H-pyrrole nitrogens is 3. The molecule has 1 atom stereocenters. The number of fused-ring (bicyclic) bond motifs is 2. The molecule has 0 radical (unpaired) electrons. The van der Waals surface area contributed by atoms with Crippen molar-refractivity contribution in [1.82, 2.24) is 25.3 Å². The van der Waals surface area contributed by atoms with E-state index in [-0.39, 0.29) is 11.9 Å². The number of hydrogen-bond donors (Lipinski definition) is 4. The van der Waals surface area contributed by atoms with Gasteiger partial charge in [-0.1, -0.05) is 12.1 Å². The topological polar surface area (TPSA) is 124 Å². The maximum Gasteiger partial charge on any atom is 0.314 e. The average Bonchev–Trinajstić information content (AvgIpc) is 3.06. The Kier molecular flexibility index (Phi) is 3.65. The lowest BCUT2D eigenvalue weighted by Gasteiger charge is -2.11. The zero-order valence-electron chi connectivity index (χ0n) is 13.8. The van der Waals surface area contributed by atoms with Gasteiger partial charge in [0.2, 0.25) is 0 Å². The summed E-state index contributed by atoms with van der Waals surface area (Å²) >= 11 is 0. The first-order valence-electron chi connectivity index (χ1n) is 8.03. The normalized spacial score (nSPS) is 12.3. The molecule has 4 rings (SSSR count). The first kappa shape index (κ1) is 15.8. The molecule has 0 fully saturated rings. The minimum Gasteiger partial charge on any atom is -0.342 e. The van der Waals surface area contributed by atoms with Crippen LogP contribution in [0.3, 0.4) is 0 Å². The number of carbonyl (C=O) groups excluding carboxylic acids is 1. The Labute approximate surface area is 146 Å². The number of carbonyl (C=O) groups is 1. The van der Waals surface area contributed by atoms with E-state index in [0.29, 0.717) is 22.4 Å². The van der Waals surface area contributed by atoms with Crippen molar-refractivity contribution in [2.45, 2.75) is 13.0 Å².